The average Bonchev–Trinajstić information content (AvgIpc) is 2.87. The van der Waals surface area contributed by atoms with Crippen LogP contribution in [0.2, 0.25) is 0 Å². The molecule has 2 aromatic rings. The van der Waals surface area contributed by atoms with Gasteiger partial charge in [0.1, 0.15) is 29.6 Å². The summed E-state index contributed by atoms with van der Waals surface area (Å²) in [6.07, 6.45) is 6.80. The van der Waals surface area contributed by atoms with E-state index in [0.717, 1.165) is 24.3 Å². The highest BCUT2D eigenvalue weighted by molar-refractivity contribution is 5.85. The molecule has 0 unspecified atom stereocenters. The van der Waals surface area contributed by atoms with Gasteiger partial charge in [-0.25, -0.2) is 19.2 Å². The van der Waals surface area contributed by atoms with Crippen molar-refractivity contribution in [2.24, 2.45) is 0 Å². The van der Waals surface area contributed by atoms with Crippen molar-refractivity contribution in [1.82, 2.24) is 0 Å². The van der Waals surface area contributed by atoms with Gasteiger partial charge in [-0.05, 0) is 35.9 Å². The molecule has 0 saturated heterocycles. The second kappa shape index (κ2) is 13.5. The lowest BCUT2D eigenvalue weighted by atomic mass is 10.2. The molecule has 2 aromatic carbocycles. The molecule has 0 bridgehead atoms. The van der Waals surface area contributed by atoms with Gasteiger partial charge in [-0.15, -0.1) is 0 Å². The van der Waals surface area contributed by atoms with E-state index in [4.69, 9.17) is 23.7 Å². The zero-order chi connectivity index (χ0) is 26.5. The number of ether oxygens (including phenoxy) is 5. The third-order valence-electron chi connectivity index (χ3n) is 4.07. The molecule has 36 heavy (non-hydrogen) atoms. The number of hydrogen-bond acceptors (Lipinski definition) is 9. The van der Waals surface area contributed by atoms with Gasteiger partial charge in [0, 0.05) is 42.0 Å². The molecule has 2 rings (SSSR count). The molecule has 0 heterocycles. The Labute approximate surface area is 207 Å². The lowest BCUT2D eigenvalue weighted by Crippen LogP contribution is -2.07. The predicted molar refractivity (Wildman–Crippen MR) is 130 cm³/mol. The van der Waals surface area contributed by atoms with Crippen molar-refractivity contribution >= 4 is 30.0 Å². The topological polar surface area (TPSA) is 114 Å². The molecule has 0 aliphatic heterocycles. The number of hydrogen-bond donors (Lipinski definition) is 0. The minimum atomic E-state index is -0.716. The summed E-state index contributed by atoms with van der Waals surface area (Å²) in [5.41, 5.74) is 0.934. The van der Waals surface area contributed by atoms with Gasteiger partial charge >= 0.3 is 23.9 Å². The standard InChI is InChI=1S/C27H22O9/c1-5-24(28)33-20-10-9-19(23(16-20)36-27(31)8-4)17-32-12-11-18-13-21(34-25(29)6-2)15-22(14-18)35-26(30)7-3/h5-16H,1-4,17H2/b12-11+. The summed E-state index contributed by atoms with van der Waals surface area (Å²) < 4.78 is 26.0. The van der Waals surface area contributed by atoms with Gasteiger partial charge in [-0.1, -0.05) is 26.3 Å². The van der Waals surface area contributed by atoms with Crippen LogP contribution in [0.3, 0.4) is 0 Å². The lowest BCUT2D eigenvalue weighted by Gasteiger charge is -2.11. The quantitative estimate of drug-likeness (QED) is 0.186. The van der Waals surface area contributed by atoms with Crippen molar-refractivity contribution in [3.05, 3.63) is 104 Å². The Morgan fingerprint density at radius 1 is 0.639 bits per heavy atom. The fraction of sp³-hybridized carbons (Fsp3) is 0.0370. The van der Waals surface area contributed by atoms with Crippen LogP contribution in [0.1, 0.15) is 11.1 Å². The van der Waals surface area contributed by atoms with E-state index >= 15 is 0 Å². The van der Waals surface area contributed by atoms with Crippen LogP contribution in [-0.2, 0) is 30.5 Å². The van der Waals surface area contributed by atoms with E-state index in [2.05, 4.69) is 26.3 Å². The Morgan fingerprint density at radius 3 is 1.67 bits per heavy atom. The van der Waals surface area contributed by atoms with E-state index < -0.39 is 23.9 Å². The van der Waals surface area contributed by atoms with Crippen LogP contribution in [-0.4, -0.2) is 23.9 Å². The minimum absolute atomic E-state index is 0.0324. The number of benzene rings is 2. The van der Waals surface area contributed by atoms with Gasteiger partial charge in [-0.3, -0.25) is 0 Å². The zero-order valence-corrected chi connectivity index (χ0v) is 19.1. The first kappa shape index (κ1) is 27.1. The molecule has 9 heteroatoms. The van der Waals surface area contributed by atoms with Crippen LogP contribution in [0.4, 0.5) is 0 Å². The molecule has 0 spiro atoms. The Hall–Kier alpha value is -5.18. The Bertz CT molecular complexity index is 1200. The number of carbonyl (C=O) groups excluding carboxylic acids is 4. The largest absolute Gasteiger partial charge is 0.496 e. The Kier molecular flexibility index (Phi) is 10.2. The first-order chi connectivity index (χ1) is 17.3. The molecule has 184 valence electrons. The third-order valence-corrected chi connectivity index (χ3v) is 4.07. The first-order valence-electron chi connectivity index (χ1n) is 10.2. The summed E-state index contributed by atoms with van der Waals surface area (Å²) in [6, 6.07) is 8.75. The lowest BCUT2D eigenvalue weighted by molar-refractivity contribution is -0.130. The van der Waals surface area contributed by atoms with Crippen molar-refractivity contribution in [3.8, 4) is 23.0 Å². The molecule has 0 aliphatic rings. The number of carbonyl (C=O) groups is 4. The second-order valence-electron chi connectivity index (χ2n) is 6.62. The SMILES string of the molecule is C=CC(=O)Oc1cc(/C=C/OCc2ccc(OC(=O)C=C)cc2OC(=O)C=C)cc(OC(=O)C=C)c1. The predicted octanol–water partition coefficient (Wildman–Crippen LogP) is 4.24. The van der Waals surface area contributed by atoms with E-state index in [9.17, 15) is 19.2 Å². The van der Waals surface area contributed by atoms with Gasteiger partial charge in [0.2, 0.25) is 0 Å². The normalized spacial score (nSPS) is 10.0. The molecule has 0 N–H and O–H groups in total. The summed E-state index contributed by atoms with van der Waals surface area (Å²) in [6.45, 7) is 13.3. The molecule has 0 atom stereocenters. The van der Waals surface area contributed by atoms with Crippen molar-refractivity contribution in [2.75, 3.05) is 0 Å². The highest BCUT2D eigenvalue weighted by Gasteiger charge is 2.12. The first-order valence-corrected chi connectivity index (χ1v) is 10.2. The van der Waals surface area contributed by atoms with E-state index in [1.54, 1.807) is 6.07 Å². The van der Waals surface area contributed by atoms with E-state index in [1.807, 2.05) is 0 Å². The summed E-state index contributed by atoms with van der Waals surface area (Å²) in [5, 5.41) is 0. The van der Waals surface area contributed by atoms with Crippen molar-refractivity contribution in [3.63, 3.8) is 0 Å². The molecule has 0 aliphatic carbocycles. The monoisotopic (exact) mass is 490 g/mol. The van der Waals surface area contributed by atoms with Crippen LogP contribution in [0.5, 0.6) is 23.0 Å². The maximum Gasteiger partial charge on any atom is 0.335 e. The smallest absolute Gasteiger partial charge is 0.335 e. The maximum atomic E-state index is 11.7. The molecule has 9 nitrogen and oxygen atoms in total. The molecule has 0 amide bonds. The van der Waals surface area contributed by atoms with Gasteiger partial charge in [0.15, 0.2) is 0 Å². The highest BCUT2D eigenvalue weighted by Crippen LogP contribution is 2.27. The highest BCUT2D eigenvalue weighted by atomic mass is 16.6. The molecule has 0 fully saturated rings. The second-order valence-corrected chi connectivity index (χ2v) is 6.62. The van der Waals surface area contributed by atoms with Crippen LogP contribution < -0.4 is 18.9 Å². The summed E-state index contributed by atoms with van der Waals surface area (Å²) in [7, 11) is 0. The van der Waals surface area contributed by atoms with Gasteiger partial charge in [0.25, 0.3) is 0 Å². The fourth-order valence-corrected chi connectivity index (χ4v) is 2.51. The van der Waals surface area contributed by atoms with Gasteiger partial charge in [-0.2, -0.15) is 0 Å². The van der Waals surface area contributed by atoms with Crippen molar-refractivity contribution in [1.29, 1.82) is 0 Å². The number of esters is 4. The van der Waals surface area contributed by atoms with Crippen molar-refractivity contribution in [2.45, 2.75) is 6.61 Å². The Balaban J connectivity index is 2.21. The van der Waals surface area contributed by atoms with Gasteiger partial charge < -0.3 is 23.7 Å². The zero-order valence-electron chi connectivity index (χ0n) is 19.1. The maximum absolute atomic E-state index is 11.7. The Morgan fingerprint density at radius 2 is 1.14 bits per heavy atom. The van der Waals surface area contributed by atoms with Crippen molar-refractivity contribution < 1.29 is 42.9 Å². The van der Waals surface area contributed by atoms with Crippen LogP contribution >= 0.6 is 0 Å². The summed E-state index contributed by atoms with van der Waals surface area (Å²) in [5.74, 6) is -2.34. The molecule has 0 aromatic heterocycles. The van der Waals surface area contributed by atoms with Gasteiger partial charge in [0.05, 0.1) is 6.26 Å². The van der Waals surface area contributed by atoms with E-state index in [0.29, 0.717) is 11.1 Å². The summed E-state index contributed by atoms with van der Waals surface area (Å²) in [4.78, 5) is 46.2. The van der Waals surface area contributed by atoms with Crippen LogP contribution in [0.15, 0.2) is 93.3 Å². The van der Waals surface area contributed by atoms with E-state index in [-0.39, 0.29) is 29.6 Å². The van der Waals surface area contributed by atoms with Crippen LogP contribution in [0, 0.1) is 0 Å². The van der Waals surface area contributed by atoms with Crippen LogP contribution in [0.25, 0.3) is 6.08 Å². The summed E-state index contributed by atoms with van der Waals surface area (Å²) >= 11 is 0. The molecular formula is C27H22O9. The average molecular weight is 490 g/mol. The minimum Gasteiger partial charge on any atom is -0.496 e. The fourth-order valence-electron chi connectivity index (χ4n) is 2.51. The number of rotatable bonds is 12. The molecule has 0 radical (unpaired) electrons. The third kappa shape index (κ3) is 8.64. The molecule has 0 saturated carbocycles. The van der Waals surface area contributed by atoms with E-state index in [1.165, 1.54) is 42.7 Å². The molecular weight excluding hydrogens is 468 g/mol.